The summed E-state index contributed by atoms with van der Waals surface area (Å²) in [4.78, 5) is 2.36. The van der Waals surface area contributed by atoms with Gasteiger partial charge in [0.2, 0.25) is 0 Å². The molecule has 0 fully saturated rings. The third-order valence-electron chi connectivity index (χ3n) is 12.7. The molecule has 0 aliphatic carbocycles. The molecule has 0 aliphatic rings. The summed E-state index contributed by atoms with van der Waals surface area (Å²) in [6.07, 6.45) is 0. The Kier molecular flexibility index (Phi) is 9.20. The lowest BCUT2D eigenvalue weighted by atomic mass is 9.84. The topological polar surface area (TPSA) is 16.4 Å². The fraction of sp³-hybridized carbons (Fsp3) is 0. The van der Waals surface area contributed by atoms with E-state index in [2.05, 4.69) is 241 Å². The molecule has 0 N–H and O–H groups in total. The van der Waals surface area contributed by atoms with Crippen molar-refractivity contribution >= 4 is 60.5 Å². The highest BCUT2D eigenvalue weighted by molar-refractivity contribution is 6.22. The van der Waals surface area contributed by atoms with Gasteiger partial charge in [-0.3, -0.25) is 0 Å². The Morgan fingerprint density at radius 2 is 0.719 bits per heavy atom. The van der Waals surface area contributed by atoms with E-state index in [1.165, 1.54) is 60.5 Å². The minimum absolute atomic E-state index is 0.898. The van der Waals surface area contributed by atoms with Crippen molar-refractivity contribution in [3.05, 3.63) is 249 Å². The van der Waals surface area contributed by atoms with Crippen LogP contribution in [0, 0.1) is 0 Å². The number of furan rings is 1. The third kappa shape index (κ3) is 6.52. The van der Waals surface area contributed by atoms with Gasteiger partial charge in [0.15, 0.2) is 0 Å². The van der Waals surface area contributed by atoms with E-state index in [0.717, 1.165) is 55.7 Å². The standard InChI is InChI=1S/C62H41NO/c1-4-16-42(17-5-1)47-22-14-23-51(40-47)63(50-37-32-44(33-38-50)52-27-15-29-59-62(52)56-26-12-13-28-58(56)64-59)49-35-30-43(31-36-49)48-34-39-54-53-24-10-11-25-55(53)60(45-18-6-2-7-19-45)61(57(54)41-48)46-20-8-3-9-21-46/h1-41H. The average molecular weight is 816 g/mol. The first kappa shape index (κ1) is 37.3. The molecule has 0 atom stereocenters. The van der Waals surface area contributed by atoms with Gasteiger partial charge in [-0.2, -0.15) is 0 Å². The second-order valence-corrected chi connectivity index (χ2v) is 16.4. The van der Waals surface area contributed by atoms with Crippen molar-refractivity contribution in [3.63, 3.8) is 0 Å². The fourth-order valence-electron chi connectivity index (χ4n) is 9.69. The summed E-state index contributed by atoms with van der Waals surface area (Å²) in [7, 11) is 0. The van der Waals surface area contributed by atoms with Crippen molar-refractivity contribution in [2.45, 2.75) is 0 Å². The first-order chi connectivity index (χ1) is 31.7. The maximum Gasteiger partial charge on any atom is 0.136 e. The zero-order chi connectivity index (χ0) is 42.4. The summed E-state index contributed by atoms with van der Waals surface area (Å²) in [5.74, 6) is 0. The van der Waals surface area contributed by atoms with Crippen molar-refractivity contribution in [2.24, 2.45) is 0 Å². The minimum Gasteiger partial charge on any atom is -0.456 e. The van der Waals surface area contributed by atoms with Crippen LogP contribution in [0.1, 0.15) is 0 Å². The lowest BCUT2D eigenvalue weighted by molar-refractivity contribution is 0.669. The van der Waals surface area contributed by atoms with E-state index >= 15 is 0 Å². The number of nitrogens with zero attached hydrogens (tertiary/aromatic N) is 1. The average Bonchev–Trinajstić information content (AvgIpc) is 3.76. The molecule has 300 valence electrons. The predicted molar refractivity (Wildman–Crippen MR) is 271 cm³/mol. The molecule has 2 nitrogen and oxygen atoms in total. The van der Waals surface area contributed by atoms with Crippen LogP contribution in [0.3, 0.4) is 0 Å². The van der Waals surface area contributed by atoms with Crippen LogP contribution in [0.25, 0.3) is 99.1 Å². The number of para-hydroxylation sites is 1. The van der Waals surface area contributed by atoms with E-state index in [-0.39, 0.29) is 0 Å². The Bertz CT molecular complexity index is 3630. The molecular weight excluding hydrogens is 775 g/mol. The smallest absolute Gasteiger partial charge is 0.136 e. The van der Waals surface area contributed by atoms with Gasteiger partial charge in [-0.1, -0.05) is 194 Å². The molecule has 0 spiro atoms. The van der Waals surface area contributed by atoms with Crippen molar-refractivity contribution < 1.29 is 4.42 Å². The SMILES string of the molecule is c1ccc(-c2cccc(N(c3ccc(-c4ccc5c(c4)c(-c4ccccc4)c(-c4ccccc4)c4ccccc45)cc3)c3ccc(-c4cccc5oc6ccccc6c45)cc3)c2)cc1. The number of rotatable bonds is 8. The first-order valence-corrected chi connectivity index (χ1v) is 21.9. The van der Waals surface area contributed by atoms with E-state index in [4.69, 9.17) is 4.42 Å². The van der Waals surface area contributed by atoms with Gasteiger partial charge < -0.3 is 9.32 Å². The number of benzene rings is 11. The van der Waals surface area contributed by atoms with Crippen molar-refractivity contribution in [2.75, 3.05) is 4.90 Å². The van der Waals surface area contributed by atoms with E-state index in [9.17, 15) is 0 Å². The summed E-state index contributed by atoms with van der Waals surface area (Å²) in [5.41, 5.74) is 17.0. The lowest BCUT2D eigenvalue weighted by Gasteiger charge is -2.26. The molecule has 0 amide bonds. The molecule has 0 saturated heterocycles. The first-order valence-electron chi connectivity index (χ1n) is 21.9. The van der Waals surface area contributed by atoms with E-state index < -0.39 is 0 Å². The minimum atomic E-state index is 0.898. The van der Waals surface area contributed by atoms with Gasteiger partial charge in [0, 0.05) is 27.8 Å². The van der Waals surface area contributed by atoms with Crippen LogP contribution in [0.2, 0.25) is 0 Å². The van der Waals surface area contributed by atoms with Gasteiger partial charge in [-0.15, -0.1) is 0 Å². The third-order valence-corrected chi connectivity index (χ3v) is 12.7. The largest absolute Gasteiger partial charge is 0.456 e. The molecular formula is C62H41NO. The van der Waals surface area contributed by atoms with Crippen LogP contribution >= 0.6 is 0 Å². The molecule has 1 heterocycles. The Hall–Kier alpha value is -8.46. The number of hydrogen-bond acceptors (Lipinski definition) is 2. The maximum atomic E-state index is 6.26. The summed E-state index contributed by atoms with van der Waals surface area (Å²) in [6.45, 7) is 0. The highest BCUT2D eigenvalue weighted by Crippen LogP contribution is 2.46. The van der Waals surface area contributed by atoms with Crippen molar-refractivity contribution in [3.8, 4) is 55.6 Å². The Balaban J connectivity index is 0.985. The van der Waals surface area contributed by atoms with Crippen molar-refractivity contribution in [1.82, 2.24) is 0 Å². The molecule has 0 radical (unpaired) electrons. The number of hydrogen-bond donors (Lipinski definition) is 0. The van der Waals surface area contributed by atoms with Gasteiger partial charge in [-0.05, 0) is 132 Å². The Morgan fingerprint density at radius 3 is 1.41 bits per heavy atom. The maximum absolute atomic E-state index is 6.26. The normalized spacial score (nSPS) is 11.4. The summed E-state index contributed by atoms with van der Waals surface area (Å²) in [5, 5.41) is 7.27. The van der Waals surface area contributed by atoms with Crippen molar-refractivity contribution in [1.29, 1.82) is 0 Å². The molecule has 12 rings (SSSR count). The van der Waals surface area contributed by atoms with E-state index in [1.54, 1.807) is 0 Å². The zero-order valence-corrected chi connectivity index (χ0v) is 35.0. The predicted octanol–water partition coefficient (Wildman–Crippen LogP) is 17.7. The van der Waals surface area contributed by atoms with Crippen LogP contribution < -0.4 is 4.90 Å². The van der Waals surface area contributed by atoms with Gasteiger partial charge in [0.25, 0.3) is 0 Å². The summed E-state index contributed by atoms with van der Waals surface area (Å²) < 4.78 is 6.26. The molecule has 1 aromatic heterocycles. The molecule has 64 heavy (non-hydrogen) atoms. The molecule has 0 bridgehead atoms. The van der Waals surface area contributed by atoms with Crippen LogP contribution in [0.15, 0.2) is 253 Å². The molecule has 0 unspecified atom stereocenters. The number of fused-ring (bicyclic) bond motifs is 6. The van der Waals surface area contributed by atoms with Gasteiger partial charge in [0.1, 0.15) is 11.2 Å². The van der Waals surface area contributed by atoms with Gasteiger partial charge >= 0.3 is 0 Å². The highest BCUT2D eigenvalue weighted by Gasteiger charge is 2.20. The van der Waals surface area contributed by atoms with Crippen LogP contribution in [-0.4, -0.2) is 0 Å². The molecule has 0 aliphatic heterocycles. The second kappa shape index (κ2) is 15.8. The van der Waals surface area contributed by atoms with E-state index in [1.807, 2.05) is 12.1 Å². The van der Waals surface area contributed by atoms with Gasteiger partial charge in [-0.25, -0.2) is 0 Å². The Labute approximate surface area is 372 Å². The summed E-state index contributed by atoms with van der Waals surface area (Å²) in [6, 6.07) is 89.6. The molecule has 12 aromatic rings. The summed E-state index contributed by atoms with van der Waals surface area (Å²) >= 11 is 0. The van der Waals surface area contributed by atoms with E-state index in [0.29, 0.717) is 0 Å². The molecule has 2 heteroatoms. The molecule has 0 saturated carbocycles. The lowest BCUT2D eigenvalue weighted by Crippen LogP contribution is -2.10. The van der Waals surface area contributed by atoms with Crippen LogP contribution in [0.4, 0.5) is 17.1 Å². The second-order valence-electron chi connectivity index (χ2n) is 16.4. The zero-order valence-electron chi connectivity index (χ0n) is 35.0. The number of anilines is 3. The van der Waals surface area contributed by atoms with Gasteiger partial charge in [0.05, 0.1) is 0 Å². The fourth-order valence-corrected chi connectivity index (χ4v) is 9.69. The molecule has 11 aromatic carbocycles. The van der Waals surface area contributed by atoms with Crippen LogP contribution in [0.5, 0.6) is 0 Å². The monoisotopic (exact) mass is 815 g/mol. The quantitative estimate of drug-likeness (QED) is 0.142. The Morgan fingerprint density at radius 1 is 0.250 bits per heavy atom. The van der Waals surface area contributed by atoms with Crippen LogP contribution in [-0.2, 0) is 0 Å². The highest BCUT2D eigenvalue weighted by atomic mass is 16.3.